The first-order chi connectivity index (χ1) is 16.5. The molecule has 34 heavy (non-hydrogen) atoms. The summed E-state index contributed by atoms with van der Waals surface area (Å²) in [4.78, 5) is 55.0. The molecule has 2 aromatic carbocycles. The van der Waals surface area contributed by atoms with Gasteiger partial charge in [0.2, 0.25) is 0 Å². The lowest BCUT2D eigenvalue weighted by Crippen LogP contribution is -2.44. The molecule has 0 saturated carbocycles. The molecule has 2 saturated heterocycles. The van der Waals surface area contributed by atoms with Crippen molar-refractivity contribution in [2.24, 2.45) is 0 Å². The molecule has 4 heterocycles. The van der Waals surface area contributed by atoms with E-state index in [-0.39, 0.29) is 30.9 Å². The number of benzene rings is 2. The van der Waals surface area contributed by atoms with E-state index in [1.807, 2.05) is 0 Å². The van der Waals surface area contributed by atoms with Crippen LogP contribution < -0.4 is 14.5 Å². The maximum absolute atomic E-state index is 12.9. The Kier molecular flexibility index (Phi) is 4.77. The fourth-order valence-corrected chi connectivity index (χ4v) is 4.97. The van der Waals surface area contributed by atoms with Gasteiger partial charge in [-0.15, -0.1) is 0 Å². The summed E-state index contributed by atoms with van der Waals surface area (Å²) in [5, 5.41) is 0. The number of anilines is 2. The third-order valence-corrected chi connectivity index (χ3v) is 6.62. The molecule has 0 spiro atoms. The smallest absolute Gasteiger partial charge is 0.415 e. The molecule has 10 heteroatoms. The van der Waals surface area contributed by atoms with Crippen molar-refractivity contribution in [2.75, 3.05) is 42.7 Å². The summed E-state index contributed by atoms with van der Waals surface area (Å²) >= 11 is 0. The quantitative estimate of drug-likeness (QED) is 0.640. The molecule has 0 N–H and O–H groups in total. The van der Waals surface area contributed by atoms with Crippen LogP contribution in [0.15, 0.2) is 42.5 Å². The average molecular weight is 463 g/mol. The second-order valence-corrected chi connectivity index (χ2v) is 8.51. The summed E-state index contributed by atoms with van der Waals surface area (Å²) in [5.74, 6) is -0.447. The predicted molar refractivity (Wildman–Crippen MR) is 118 cm³/mol. The van der Waals surface area contributed by atoms with E-state index in [0.29, 0.717) is 54.4 Å². The molecule has 0 aromatic heterocycles. The van der Waals surface area contributed by atoms with Crippen molar-refractivity contribution in [1.29, 1.82) is 0 Å². The fraction of sp³-hybridized carbons (Fsp3) is 0.333. The molecular formula is C24H21N3O7. The summed E-state index contributed by atoms with van der Waals surface area (Å²) in [6.45, 7) is 1.19. The first kappa shape index (κ1) is 20.7. The minimum Gasteiger partial charge on any atom is -0.491 e. The Hall–Kier alpha value is -3.92. The zero-order chi connectivity index (χ0) is 23.4. The summed E-state index contributed by atoms with van der Waals surface area (Å²) in [6.07, 6.45) is -0.793. The summed E-state index contributed by atoms with van der Waals surface area (Å²) < 4.78 is 16.8. The van der Waals surface area contributed by atoms with Crippen molar-refractivity contribution in [2.45, 2.75) is 18.6 Å². The Labute approximate surface area is 194 Å². The zero-order valence-electron chi connectivity index (χ0n) is 18.1. The molecule has 2 fully saturated rings. The second-order valence-electron chi connectivity index (χ2n) is 8.51. The Balaban J connectivity index is 1.26. The molecule has 174 valence electrons. The minimum absolute atomic E-state index is 0.0257. The summed E-state index contributed by atoms with van der Waals surface area (Å²) in [7, 11) is 0. The molecule has 2 aromatic rings. The van der Waals surface area contributed by atoms with E-state index in [1.165, 1.54) is 4.90 Å². The number of carbonyl (C=O) groups is 4. The monoisotopic (exact) mass is 463 g/mol. The van der Waals surface area contributed by atoms with Crippen LogP contribution >= 0.6 is 0 Å². The van der Waals surface area contributed by atoms with Crippen LogP contribution in [0.25, 0.3) is 0 Å². The molecule has 0 unspecified atom stereocenters. The molecule has 4 aliphatic heterocycles. The highest BCUT2D eigenvalue weighted by atomic mass is 16.6. The summed E-state index contributed by atoms with van der Waals surface area (Å²) in [6, 6.07) is 11.5. The summed E-state index contributed by atoms with van der Waals surface area (Å²) in [5.41, 5.74) is 1.91. The number of hydrogen-bond donors (Lipinski definition) is 0. The Morgan fingerprint density at radius 3 is 2.44 bits per heavy atom. The standard InChI is InChI=1S/C24H21N3O7/c28-21-13-32-10-8-25(21)14-5-6-17-19(11-14)33-9-7-18-20(34-24(31)27(17)18)12-26-22(29)15-3-1-2-4-16(15)23(26)30/h1-6,11,18,20H,7-10,12-13H2/t18-,20-/m0/s1. The minimum atomic E-state index is -0.690. The second kappa shape index (κ2) is 7.84. The maximum atomic E-state index is 12.9. The van der Waals surface area contributed by atoms with Crippen molar-refractivity contribution >= 4 is 35.2 Å². The highest BCUT2D eigenvalue weighted by Crippen LogP contribution is 2.41. The van der Waals surface area contributed by atoms with Crippen molar-refractivity contribution in [1.82, 2.24) is 4.90 Å². The highest BCUT2D eigenvalue weighted by molar-refractivity contribution is 6.21. The molecule has 4 aliphatic rings. The number of rotatable bonds is 3. The van der Waals surface area contributed by atoms with Gasteiger partial charge in [0.1, 0.15) is 18.5 Å². The number of hydrogen-bond acceptors (Lipinski definition) is 7. The number of cyclic esters (lactones) is 1. The van der Waals surface area contributed by atoms with Crippen LogP contribution in [-0.4, -0.2) is 73.8 Å². The molecule has 4 amide bonds. The van der Waals surface area contributed by atoms with Crippen LogP contribution in [0, 0.1) is 0 Å². The lowest BCUT2D eigenvalue weighted by atomic mass is 10.1. The molecule has 6 rings (SSSR count). The first-order valence-electron chi connectivity index (χ1n) is 11.1. The lowest BCUT2D eigenvalue weighted by molar-refractivity contribution is -0.125. The normalized spacial score (nSPS) is 23.8. The van der Waals surface area contributed by atoms with Crippen LogP contribution in [0.1, 0.15) is 27.1 Å². The molecule has 10 nitrogen and oxygen atoms in total. The molecule has 0 bridgehead atoms. The molecule has 2 atom stereocenters. The number of ether oxygens (including phenoxy) is 3. The number of fused-ring (bicyclic) bond motifs is 4. The van der Waals surface area contributed by atoms with Gasteiger partial charge in [-0.25, -0.2) is 4.79 Å². The SMILES string of the molecule is O=C1c2ccccc2C(=O)N1C[C@@H]1OC(=O)N2c3ccc(N4CCOCC4=O)cc3OCC[C@@H]12. The molecular weight excluding hydrogens is 442 g/mol. The van der Waals surface area contributed by atoms with Gasteiger partial charge in [-0.1, -0.05) is 12.1 Å². The largest absolute Gasteiger partial charge is 0.491 e. The van der Waals surface area contributed by atoms with Gasteiger partial charge in [0.15, 0.2) is 0 Å². The van der Waals surface area contributed by atoms with Gasteiger partial charge in [-0.2, -0.15) is 0 Å². The zero-order valence-corrected chi connectivity index (χ0v) is 18.1. The van der Waals surface area contributed by atoms with Crippen LogP contribution in [0.4, 0.5) is 16.2 Å². The van der Waals surface area contributed by atoms with Crippen molar-refractivity contribution in [3.63, 3.8) is 0 Å². The van der Waals surface area contributed by atoms with Gasteiger partial charge < -0.3 is 19.1 Å². The number of nitrogens with zero attached hydrogens (tertiary/aromatic N) is 3. The van der Waals surface area contributed by atoms with E-state index in [0.717, 1.165) is 4.90 Å². The van der Waals surface area contributed by atoms with Gasteiger partial charge in [-0.3, -0.25) is 24.2 Å². The van der Waals surface area contributed by atoms with Crippen molar-refractivity contribution in [3.05, 3.63) is 53.6 Å². The van der Waals surface area contributed by atoms with E-state index < -0.39 is 18.2 Å². The Morgan fingerprint density at radius 1 is 0.941 bits per heavy atom. The van der Waals surface area contributed by atoms with Crippen LogP contribution in [0.5, 0.6) is 5.75 Å². The third-order valence-electron chi connectivity index (χ3n) is 6.62. The van der Waals surface area contributed by atoms with Gasteiger partial charge in [0.05, 0.1) is 42.6 Å². The van der Waals surface area contributed by atoms with E-state index in [1.54, 1.807) is 47.4 Å². The van der Waals surface area contributed by atoms with E-state index in [9.17, 15) is 19.2 Å². The van der Waals surface area contributed by atoms with E-state index in [4.69, 9.17) is 14.2 Å². The maximum Gasteiger partial charge on any atom is 0.415 e. The fourth-order valence-electron chi connectivity index (χ4n) is 4.97. The van der Waals surface area contributed by atoms with Crippen LogP contribution in [0.2, 0.25) is 0 Å². The van der Waals surface area contributed by atoms with E-state index in [2.05, 4.69) is 0 Å². The number of morpholine rings is 1. The van der Waals surface area contributed by atoms with Gasteiger partial charge in [-0.05, 0) is 24.3 Å². The number of imide groups is 1. The van der Waals surface area contributed by atoms with Crippen molar-refractivity contribution in [3.8, 4) is 5.75 Å². The Morgan fingerprint density at radius 2 is 1.71 bits per heavy atom. The lowest BCUT2D eigenvalue weighted by Gasteiger charge is -2.28. The Bertz CT molecular complexity index is 1190. The highest BCUT2D eigenvalue weighted by Gasteiger charge is 2.48. The van der Waals surface area contributed by atoms with Crippen LogP contribution in [0.3, 0.4) is 0 Å². The average Bonchev–Trinajstić information content (AvgIpc) is 3.18. The molecule has 0 aliphatic carbocycles. The van der Waals surface area contributed by atoms with Gasteiger partial charge >= 0.3 is 6.09 Å². The van der Waals surface area contributed by atoms with Crippen molar-refractivity contribution < 1.29 is 33.4 Å². The van der Waals surface area contributed by atoms with Gasteiger partial charge in [0, 0.05) is 24.7 Å². The third kappa shape index (κ3) is 3.13. The van der Waals surface area contributed by atoms with Crippen LogP contribution in [-0.2, 0) is 14.3 Å². The number of amides is 4. The topological polar surface area (TPSA) is 106 Å². The predicted octanol–water partition coefficient (Wildman–Crippen LogP) is 1.82. The van der Waals surface area contributed by atoms with Gasteiger partial charge in [0.25, 0.3) is 17.7 Å². The van der Waals surface area contributed by atoms with E-state index >= 15 is 0 Å². The number of carbonyl (C=O) groups excluding carboxylic acids is 4. The first-order valence-corrected chi connectivity index (χ1v) is 11.1. The molecule has 0 radical (unpaired) electrons.